The van der Waals surface area contributed by atoms with Crippen LogP contribution in [0.15, 0.2) is 78.9 Å². The second kappa shape index (κ2) is 26.5. The number of ether oxygens (including phenoxy) is 6. The zero-order valence-electron chi connectivity index (χ0n) is 35.7. The molecule has 17 heteroatoms. The highest BCUT2D eigenvalue weighted by atomic mass is 16.6. The monoisotopic (exact) mass is 861 g/mol. The summed E-state index contributed by atoms with van der Waals surface area (Å²) in [7, 11) is 0. The maximum Gasteiger partial charge on any atom is 0.407 e. The maximum absolute atomic E-state index is 12.9. The highest BCUT2D eigenvalue weighted by Gasteiger charge is 2.29. The van der Waals surface area contributed by atoms with Gasteiger partial charge in [-0.25, -0.2) is 4.79 Å². The summed E-state index contributed by atoms with van der Waals surface area (Å²) >= 11 is 0. The molecule has 3 aromatic rings. The number of carbonyl (C=O) groups excluding carboxylic acids is 6. The van der Waals surface area contributed by atoms with Gasteiger partial charge in [0.25, 0.3) is 0 Å². The van der Waals surface area contributed by atoms with Crippen molar-refractivity contribution in [3.05, 3.63) is 95.6 Å². The van der Waals surface area contributed by atoms with Crippen molar-refractivity contribution < 1.29 is 57.2 Å². The van der Waals surface area contributed by atoms with Crippen LogP contribution < -0.4 is 26.6 Å². The van der Waals surface area contributed by atoms with Crippen molar-refractivity contribution in [3.8, 4) is 11.1 Å². The van der Waals surface area contributed by atoms with Gasteiger partial charge in [-0.15, -0.1) is 0 Å². The lowest BCUT2D eigenvalue weighted by Gasteiger charge is -2.21. The number of benzene rings is 3. The summed E-state index contributed by atoms with van der Waals surface area (Å²) in [5.41, 5.74) is 4.71. The molecule has 1 aliphatic rings. The lowest BCUT2D eigenvalue weighted by atomic mass is 9.98. The molecule has 0 saturated carbocycles. The minimum absolute atomic E-state index is 0.000880. The van der Waals surface area contributed by atoms with E-state index in [0.29, 0.717) is 46.2 Å². The smallest absolute Gasteiger partial charge is 0.407 e. The highest BCUT2D eigenvalue weighted by molar-refractivity contribution is 5.92. The minimum Gasteiger partial charge on any atom is -0.459 e. The summed E-state index contributed by atoms with van der Waals surface area (Å²) < 4.78 is 32.6. The average molecular weight is 862 g/mol. The first-order valence-corrected chi connectivity index (χ1v) is 20.7. The van der Waals surface area contributed by atoms with Crippen molar-refractivity contribution in [1.82, 2.24) is 26.6 Å². The molecule has 4 rings (SSSR count). The first-order valence-electron chi connectivity index (χ1n) is 20.7. The normalized spacial score (nSPS) is 12.3. The zero-order valence-corrected chi connectivity index (χ0v) is 35.7. The molecule has 0 unspecified atom stereocenters. The van der Waals surface area contributed by atoms with Crippen LogP contribution in [0.5, 0.6) is 0 Å². The summed E-state index contributed by atoms with van der Waals surface area (Å²) in [6.07, 6.45) is -0.336. The Bertz CT molecular complexity index is 1860. The Labute approximate surface area is 362 Å². The number of fused-ring (bicyclic) bond motifs is 3. The number of nitrogens with one attached hydrogen (secondary N) is 5. The van der Waals surface area contributed by atoms with Crippen LogP contribution in [-0.2, 0) is 58.8 Å². The van der Waals surface area contributed by atoms with E-state index < -0.39 is 53.9 Å². The molecule has 0 spiro atoms. The van der Waals surface area contributed by atoms with Crippen LogP contribution in [0.4, 0.5) is 4.79 Å². The van der Waals surface area contributed by atoms with Gasteiger partial charge in [-0.05, 0) is 48.6 Å². The predicted molar refractivity (Wildman–Crippen MR) is 228 cm³/mol. The third-order valence-corrected chi connectivity index (χ3v) is 9.10. The molecule has 3 aromatic carbocycles. The molecule has 5 N–H and O–H groups in total. The van der Waals surface area contributed by atoms with Crippen LogP contribution in [0, 0.1) is 0 Å². The van der Waals surface area contributed by atoms with Gasteiger partial charge < -0.3 is 55.0 Å². The number of amides is 5. The van der Waals surface area contributed by atoms with E-state index in [1.807, 2.05) is 30.3 Å². The second-order valence-corrected chi connectivity index (χ2v) is 15.1. The number of carbonyl (C=O) groups is 6. The molecular formula is C45H59N5O12. The van der Waals surface area contributed by atoms with Gasteiger partial charge in [-0.1, -0.05) is 78.9 Å². The van der Waals surface area contributed by atoms with Crippen LogP contribution in [0.3, 0.4) is 0 Å². The molecule has 0 aromatic heterocycles. The number of hydrogen-bond donors (Lipinski definition) is 5. The predicted octanol–water partition coefficient (Wildman–Crippen LogP) is 2.40. The quantitative estimate of drug-likeness (QED) is 0.0552. The Morgan fingerprint density at radius 3 is 1.73 bits per heavy atom. The van der Waals surface area contributed by atoms with Gasteiger partial charge in [0.05, 0.1) is 65.9 Å². The van der Waals surface area contributed by atoms with Gasteiger partial charge in [0.1, 0.15) is 24.8 Å². The van der Waals surface area contributed by atoms with Crippen molar-refractivity contribution >= 4 is 35.7 Å². The highest BCUT2D eigenvalue weighted by Crippen LogP contribution is 2.44. The average Bonchev–Trinajstić information content (AvgIpc) is 3.57. The van der Waals surface area contributed by atoms with E-state index in [4.69, 9.17) is 28.4 Å². The van der Waals surface area contributed by atoms with Crippen molar-refractivity contribution in [2.75, 3.05) is 85.6 Å². The van der Waals surface area contributed by atoms with Gasteiger partial charge in [-0.3, -0.25) is 24.0 Å². The van der Waals surface area contributed by atoms with Crippen LogP contribution in [0.25, 0.3) is 11.1 Å². The third kappa shape index (κ3) is 18.4. The number of hydrogen-bond acceptors (Lipinski definition) is 12. The summed E-state index contributed by atoms with van der Waals surface area (Å²) in [6.45, 7) is 6.89. The van der Waals surface area contributed by atoms with Gasteiger partial charge in [0.15, 0.2) is 0 Å². The van der Waals surface area contributed by atoms with Gasteiger partial charge in [0, 0.05) is 25.3 Å². The van der Waals surface area contributed by atoms with Crippen LogP contribution >= 0.6 is 0 Å². The Morgan fingerprint density at radius 1 is 0.581 bits per heavy atom. The second-order valence-electron chi connectivity index (χ2n) is 15.1. The van der Waals surface area contributed by atoms with Crippen molar-refractivity contribution in [1.29, 1.82) is 0 Å². The summed E-state index contributed by atoms with van der Waals surface area (Å²) in [4.78, 5) is 74.3. The fraction of sp³-hybridized carbons (Fsp3) is 0.467. The molecule has 0 radical (unpaired) electrons. The number of alkyl carbamates (subject to hydrolysis) is 1. The van der Waals surface area contributed by atoms with Crippen LogP contribution in [0.2, 0.25) is 0 Å². The Hall–Kier alpha value is -5.88. The van der Waals surface area contributed by atoms with E-state index in [-0.39, 0.29) is 51.7 Å². The zero-order chi connectivity index (χ0) is 44.6. The first kappa shape index (κ1) is 48.8. The van der Waals surface area contributed by atoms with E-state index in [1.165, 1.54) is 11.1 Å². The summed E-state index contributed by atoms with van der Waals surface area (Å²) in [5.74, 6) is -2.87. The summed E-state index contributed by atoms with van der Waals surface area (Å²) in [6, 6.07) is 24.3. The molecule has 0 aliphatic heterocycles. The molecule has 0 fully saturated rings. The molecule has 1 aliphatic carbocycles. The molecular weight excluding hydrogens is 803 g/mol. The first-order chi connectivity index (χ1) is 29.9. The lowest BCUT2D eigenvalue weighted by molar-refractivity contribution is -0.154. The van der Waals surface area contributed by atoms with E-state index in [2.05, 4.69) is 50.8 Å². The standard InChI is InChI=1S/C45H59N5O12/c1-45(2,3)62-42(54)30-49-43(55)38(27-32-11-5-4-6-12-32)50-41(53)29-48-40(52)28-47-39(51)17-19-57-21-23-59-25-26-60-24-22-58-20-18-46-44(56)61-31-37-35-15-9-7-13-33(35)34-14-8-10-16-36(34)37/h4-16,37-38H,17-31H2,1-3H3,(H,46,56)(H,47,51)(H,48,52)(H,49,55)(H,50,53)/t38-/m0/s1. The fourth-order valence-corrected chi connectivity index (χ4v) is 6.27. The van der Waals surface area contributed by atoms with E-state index >= 15 is 0 Å². The molecule has 0 bridgehead atoms. The van der Waals surface area contributed by atoms with Crippen molar-refractivity contribution in [2.45, 2.75) is 51.2 Å². The van der Waals surface area contributed by atoms with Crippen LogP contribution in [0.1, 0.15) is 49.8 Å². The van der Waals surface area contributed by atoms with Gasteiger partial charge in [0.2, 0.25) is 23.6 Å². The Kier molecular flexibility index (Phi) is 20.8. The Balaban J connectivity index is 0.938. The van der Waals surface area contributed by atoms with Crippen molar-refractivity contribution in [2.24, 2.45) is 0 Å². The largest absolute Gasteiger partial charge is 0.459 e. The molecule has 336 valence electrons. The SMILES string of the molecule is CC(C)(C)OC(=O)CNC(=O)[C@H](Cc1ccccc1)NC(=O)CNC(=O)CNC(=O)CCOCCOCCOCCOCCNC(=O)OCC1c2ccccc2-c2ccccc21. The molecule has 0 heterocycles. The van der Waals surface area contributed by atoms with E-state index in [0.717, 1.165) is 16.7 Å². The number of rotatable bonds is 27. The summed E-state index contributed by atoms with van der Waals surface area (Å²) in [5, 5.41) is 12.7. The van der Waals surface area contributed by atoms with E-state index in [1.54, 1.807) is 45.0 Å². The minimum atomic E-state index is -1.03. The van der Waals surface area contributed by atoms with Gasteiger partial charge in [-0.2, -0.15) is 0 Å². The third-order valence-electron chi connectivity index (χ3n) is 9.10. The van der Waals surface area contributed by atoms with Gasteiger partial charge >= 0.3 is 12.1 Å². The molecule has 1 atom stereocenters. The lowest BCUT2D eigenvalue weighted by Crippen LogP contribution is -2.52. The molecule has 0 saturated heterocycles. The van der Waals surface area contributed by atoms with Crippen molar-refractivity contribution in [3.63, 3.8) is 0 Å². The van der Waals surface area contributed by atoms with Crippen LogP contribution in [-0.4, -0.2) is 133 Å². The molecule has 17 nitrogen and oxygen atoms in total. The molecule has 62 heavy (non-hydrogen) atoms. The number of esters is 1. The topological polar surface area (TPSA) is 218 Å². The Morgan fingerprint density at radius 2 is 1.11 bits per heavy atom. The fourth-order valence-electron chi connectivity index (χ4n) is 6.27. The molecule has 5 amide bonds. The van der Waals surface area contributed by atoms with E-state index in [9.17, 15) is 28.8 Å². The maximum atomic E-state index is 12.9.